The molecule has 0 radical (unpaired) electrons. The molecule has 24 heavy (non-hydrogen) atoms. The Morgan fingerprint density at radius 3 is 2.50 bits per heavy atom. The first-order valence-corrected chi connectivity index (χ1v) is 9.04. The highest BCUT2D eigenvalue weighted by Crippen LogP contribution is 2.25. The van der Waals surface area contributed by atoms with Gasteiger partial charge in [-0.25, -0.2) is 0 Å². The van der Waals surface area contributed by atoms with Crippen LogP contribution in [0.1, 0.15) is 32.3 Å². The van der Waals surface area contributed by atoms with Crippen LogP contribution in [0.25, 0.3) is 0 Å². The van der Waals surface area contributed by atoms with Crippen LogP contribution in [0.2, 0.25) is 0 Å². The van der Waals surface area contributed by atoms with E-state index in [-0.39, 0.29) is 0 Å². The number of nitrogens with zero attached hydrogens (tertiary/aromatic N) is 3. The molecule has 1 fully saturated rings. The van der Waals surface area contributed by atoms with Gasteiger partial charge in [-0.05, 0) is 44.0 Å². The Morgan fingerprint density at radius 2 is 1.96 bits per heavy atom. The lowest BCUT2D eigenvalue weighted by Gasteiger charge is -2.23. The molecule has 0 atom stereocenters. The third-order valence-electron chi connectivity index (χ3n) is 4.39. The summed E-state index contributed by atoms with van der Waals surface area (Å²) in [4.78, 5) is 9.52. The van der Waals surface area contributed by atoms with Gasteiger partial charge >= 0.3 is 0 Å². The Morgan fingerprint density at radius 1 is 1.25 bits per heavy atom. The molecular weight excluding hydrogens is 300 g/mol. The van der Waals surface area contributed by atoms with Crippen LogP contribution in [0.5, 0.6) is 5.75 Å². The molecule has 0 heterocycles. The summed E-state index contributed by atoms with van der Waals surface area (Å²) >= 11 is 0. The van der Waals surface area contributed by atoms with Crippen LogP contribution >= 0.6 is 0 Å². The zero-order chi connectivity index (χ0) is 17.4. The van der Waals surface area contributed by atoms with Crippen LogP contribution in [-0.4, -0.2) is 62.1 Å². The topological polar surface area (TPSA) is 40.1 Å². The molecule has 1 aliphatic carbocycles. The number of ether oxygens (including phenoxy) is 1. The van der Waals surface area contributed by atoms with Gasteiger partial charge in [-0.3, -0.25) is 9.89 Å². The second-order valence-corrected chi connectivity index (χ2v) is 6.30. The van der Waals surface area contributed by atoms with Gasteiger partial charge in [0.2, 0.25) is 0 Å². The number of methoxy groups -OCH3 is 1. The van der Waals surface area contributed by atoms with E-state index in [1.54, 1.807) is 7.11 Å². The van der Waals surface area contributed by atoms with E-state index in [9.17, 15) is 0 Å². The minimum absolute atomic E-state index is 0.810. The molecule has 0 amide bonds. The first-order valence-electron chi connectivity index (χ1n) is 9.04. The monoisotopic (exact) mass is 332 g/mol. The van der Waals surface area contributed by atoms with Crippen LogP contribution in [0.15, 0.2) is 29.3 Å². The van der Waals surface area contributed by atoms with Gasteiger partial charge in [-0.2, -0.15) is 0 Å². The SMILES string of the molecule is CCNC(=NCCN(CC)C1CC1)N(C)Cc1ccc(OC)cc1. The van der Waals surface area contributed by atoms with Crippen molar-refractivity contribution in [2.75, 3.05) is 40.3 Å². The maximum Gasteiger partial charge on any atom is 0.194 e. The molecular formula is C19H32N4O. The van der Waals surface area contributed by atoms with Crippen molar-refractivity contribution in [3.63, 3.8) is 0 Å². The van der Waals surface area contributed by atoms with E-state index in [1.165, 1.54) is 18.4 Å². The van der Waals surface area contributed by atoms with Gasteiger partial charge < -0.3 is 15.0 Å². The van der Waals surface area contributed by atoms with Gasteiger partial charge in [0.15, 0.2) is 5.96 Å². The standard InChI is InChI=1S/C19H32N4O/c1-5-20-19(21-13-14-23(6-2)17-9-10-17)22(3)15-16-7-11-18(24-4)12-8-16/h7-8,11-12,17H,5-6,9-10,13-15H2,1-4H3,(H,20,21). The molecule has 0 unspecified atom stereocenters. The van der Waals surface area contributed by atoms with Crippen molar-refractivity contribution in [3.8, 4) is 5.75 Å². The number of nitrogens with one attached hydrogen (secondary N) is 1. The molecule has 134 valence electrons. The van der Waals surface area contributed by atoms with E-state index in [0.717, 1.165) is 50.5 Å². The fourth-order valence-electron chi connectivity index (χ4n) is 2.87. The van der Waals surface area contributed by atoms with Crippen molar-refractivity contribution in [2.45, 2.75) is 39.3 Å². The molecule has 0 saturated heterocycles. The van der Waals surface area contributed by atoms with E-state index < -0.39 is 0 Å². The maximum absolute atomic E-state index is 5.22. The number of benzene rings is 1. The molecule has 5 heteroatoms. The van der Waals surface area contributed by atoms with Crippen molar-refractivity contribution < 1.29 is 4.74 Å². The van der Waals surface area contributed by atoms with Crippen molar-refractivity contribution in [1.29, 1.82) is 0 Å². The van der Waals surface area contributed by atoms with Crippen LogP contribution in [0.4, 0.5) is 0 Å². The number of likely N-dealkylation sites (N-methyl/N-ethyl adjacent to an activating group) is 1. The second-order valence-electron chi connectivity index (χ2n) is 6.30. The summed E-state index contributed by atoms with van der Waals surface area (Å²) in [6, 6.07) is 9.02. The van der Waals surface area contributed by atoms with Gasteiger partial charge in [0.1, 0.15) is 5.75 Å². The van der Waals surface area contributed by atoms with Crippen LogP contribution < -0.4 is 10.1 Å². The average molecular weight is 332 g/mol. The number of aliphatic imine (C=N–C) groups is 1. The maximum atomic E-state index is 5.22. The summed E-state index contributed by atoms with van der Waals surface area (Å²) in [6.07, 6.45) is 2.71. The molecule has 0 aliphatic heterocycles. The lowest BCUT2D eigenvalue weighted by atomic mass is 10.2. The normalized spacial score (nSPS) is 14.8. The predicted octanol–water partition coefficient (Wildman–Crippen LogP) is 2.58. The minimum atomic E-state index is 0.810. The Bertz CT molecular complexity index is 511. The van der Waals surface area contributed by atoms with E-state index in [1.807, 2.05) is 12.1 Å². The highest BCUT2D eigenvalue weighted by molar-refractivity contribution is 5.79. The Labute approximate surface area is 146 Å². The minimum Gasteiger partial charge on any atom is -0.497 e. The predicted molar refractivity (Wildman–Crippen MR) is 101 cm³/mol. The second kappa shape index (κ2) is 9.52. The lowest BCUT2D eigenvalue weighted by Crippen LogP contribution is -2.39. The van der Waals surface area contributed by atoms with Crippen LogP contribution in [-0.2, 0) is 6.54 Å². The van der Waals surface area contributed by atoms with Crippen molar-refractivity contribution >= 4 is 5.96 Å². The zero-order valence-corrected chi connectivity index (χ0v) is 15.6. The average Bonchev–Trinajstić information content (AvgIpc) is 3.43. The van der Waals surface area contributed by atoms with Gasteiger partial charge in [0.05, 0.1) is 13.7 Å². The van der Waals surface area contributed by atoms with E-state index in [4.69, 9.17) is 9.73 Å². The summed E-state index contributed by atoms with van der Waals surface area (Å²) in [5, 5.41) is 3.39. The molecule has 2 rings (SSSR count). The van der Waals surface area contributed by atoms with Gasteiger partial charge in [0, 0.05) is 32.7 Å². The van der Waals surface area contributed by atoms with E-state index in [2.05, 4.69) is 48.1 Å². The number of guanidine groups is 1. The van der Waals surface area contributed by atoms with Crippen LogP contribution in [0.3, 0.4) is 0 Å². The summed E-state index contributed by atoms with van der Waals surface area (Å²) in [7, 11) is 3.78. The molecule has 1 aromatic carbocycles. The molecule has 5 nitrogen and oxygen atoms in total. The van der Waals surface area contributed by atoms with Crippen LogP contribution in [0, 0.1) is 0 Å². The molecule has 0 spiro atoms. The van der Waals surface area contributed by atoms with Crippen molar-refractivity contribution in [2.24, 2.45) is 4.99 Å². The highest BCUT2D eigenvalue weighted by atomic mass is 16.5. The zero-order valence-electron chi connectivity index (χ0n) is 15.6. The molecule has 0 aromatic heterocycles. The summed E-state index contributed by atoms with van der Waals surface area (Å²) in [5.41, 5.74) is 1.25. The van der Waals surface area contributed by atoms with Gasteiger partial charge in [-0.1, -0.05) is 19.1 Å². The molecule has 1 saturated carbocycles. The first kappa shape index (κ1) is 18.6. The summed E-state index contributed by atoms with van der Waals surface area (Å²) in [5.74, 6) is 1.86. The van der Waals surface area contributed by atoms with Gasteiger partial charge in [0.25, 0.3) is 0 Å². The molecule has 1 aromatic rings. The fraction of sp³-hybridized carbons (Fsp3) is 0.632. The molecule has 0 bridgehead atoms. The third kappa shape index (κ3) is 5.71. The van der Waals surface area contributed by atoms with E-state index >= 15 is 0 Å². The number of rotatable bonds is 9. The van der Waals surface area contributed by atoms with Crippen molar-refractivity contribution in [3.05, 3.63) is 29.8 Å². The van der Waals surface area contributed by atoms with E-state index in [0.29, 0.717) is 0 Å². The first-order chi connectivity index (χ1) is 11.7. The third-order valence-corrected chi connectivity index (χ3v) is 4.39. The molecule has 1 aliphatic rings. The number of hydrogen-bond donors (Lipinski definition) is 1. The Kier molecular flexibility index (Phi) is 7.37. The highest BCUT2D eigenvalue weighted by Gasteiger charge is 2.27. The lowest BCUT2D eigenvalue weighted by molar-refractivity contribution is 0.285. The summed E-state index contributed by atoms with van der Waals surface area (Å²) < 4.78 is 5.22. The Balaban J connectivity index is 1.90. The van der Waals surface area contributed by atoms with Gasteiger partial charge in [-0.15, -0.1) is 0 Å². The van der Waals surface area contributed by atoms with Crippen molar-refractivity contribution in [1.82, 2.24) is 15.1 Å². The smallest absolute Gasteiger partial charge is 0.194 e. The summed E-state index contributed by atoms with van der Waals surface area (Å²) in [6.45, 7) is 9.08. The quantitative estimate of drug-likeness (QED) is 0.557. The fourth-order valence-corrected chi connectivity index (χ4v) is 2.87. The molecule has 1 N–H and O–H groups in total. The largest absolute Gasteiger partial charge is 0.497 e. The Hall–Kier alpha value is -1.75. The number of hydrogen-bond acceptors (Lipinski definition) is 3.